The molecular weight excluding hydrogens is 385 g/mol. The summed E-state index contributed by atoms with van der Waals surface area (Å²) in [5.41, 5.74) is 12.0. The largest absolute Gasteiger partial charge is 0.399 e. The fourth-order valence-corrected chi connectivity index (χ4v) is 3.39. The Morgan fingerprint density at radius 2 is 1.64 bits per heavy atom. The Morgan fingerprint density at radius 3 is 2.20 bits per heavy atom. The van der Waals surface area contributed by atoms with Crippen LogP contribution in [0.5, 0.6) is 0 Å². The maximum Gasteiger partial charge on any atom is 0.367 e. The minimum absolute atomic E-state index is 0.0153. The van der Waals surface area contributed by atoms with E-state index >= 15 is 0 Å². The topological polar surface area (TPSA) is 90.7 Å². The van der Waals surface area contributed by atoms with Crippen LogP contribution in [0.3, 0.4) is 0 Å². The Bertz CT molecular complexity index is 828. The van der Waals surface area contributed by atoms with Gasteiger partial charge in [0.2, 0.25) is 0 Å². The number of benzene rings is 2. The lowest BCUT2D eigenvalue weighted by atomic mass is 9.83. The molecule has 25 heavy (non-hydrogen) atoms. The summed E-state index contributed by atoms with van der Waals surface area (Å²) in [4.78, 5) is 17.0. The number of amidine groups is 1. The van der Waals surface area contributed by atoms with Crippen LogP contribution in [0, 0.1) is 0 Å². The van der Waals surface area contributed by atoms with E-state index in [9.17, 15) is 4.79 Å². The van der Waals surface area contributed by atoms with Gasteiger partial charge in [-0.25, -0.2) is 4.79 Å². The molecule has 0 unspecified atom stereocenters. The van der Waals surface area contributed by atoms with E-state index in [-0.39, 0.29) is 16.4 Å². The van der Waals surface area contributed by atoms with E-state index in [1.807, 2.05) is 0 Å². The molecule has 0 saturated carbocycles. The molecule has 0 aliphatic carbocycles. The molecule has 5 nitrogen and oxygen atoms in total. The molecule has 0 aromatic heterocycles. The third-order valence-electron chi connectivity index (χ3n) is 3.65. The van der Waals surface area contributed by atoms with Gasteiger partial charge in [0.25, 0.3) is 0 Å². The summed E-state index contributed by atoms with van der Waals surface area (Å²) in [5.74, 6) is -0.708. The van der Waals surface area contributed by atoms with Gasteiger partial charge in [0.1, 0.15) is 5.84 Å². The van der Waals surface area contributed by atoms with Crippen LogP contribution < -0.4 is 11.5 Å². The zero-order chi connectivity index (χ0) is 18.8. The minimum atomic E-state index is -0.900. The summed E-state index contributed by atoms with van der Waals surface area (Å²) in [5, 5.41) is 4.66. The van der Waals surface area contributed by atoms with Gasteiger partial charge in [-0.3, -0.25) is 0 Å². The van der Waals surface area contributed by atoms with Crippen molar-refractivity contribution in [2.45, 2.75) is 19.3 Å². The SMILES string of the molecule is CC(C)(C(N)=NOC(=O)c1ccccc1Cl)c1c(Cl)cc(N)cc1Cl. The number of carbonyl (C=O) groups excluding carboxylic acids is 1. The van der Waals surface area contributed by atoms with Crippen LogP contribution in [0.4, 0.5) is 5.69 Å². The summed E-state index contributed by atoms with van der Waals surface area (Å²) < 4.78 is 0. The summed E-state index contributed by atoms with van der Waals surface area (Å²) in [7, 11) is 0. The van der Waals surface area contributed by atoms with Crippen LogP contribution >= 0.6 is 34.8 Å². The Hall–Kier alpha value is -1.95. The van der Waals surface area contributed by atoms with Gasteiger partial charge in [0.15, 0.2) is 0 Å². The van der Waals surface area contributed by atoms with E-state index in [4.69, 9.17) is 51.1 Å². The van der Waals surface area contributed by atoms with Crippen LogP contribution in [-0.2, 0) is 10.3 Å². The number of halogens is 3. The number of carbonyl (C=O) groups is 1. The Morgan fingerprint density at radius 1 is 1.08 bits per heavy atom. The van der Waals surface area contributed by atoms with Gasteiger partial charge in [0.05, 0.1) is 16.0 Å². The molecule has 2 rings (SSSR count). The highest BCUT2D eigenvalue weighted by atomic mass is 35.5. The molecule has 8 heteroatoms. The van der Waals surface area contributed by atoms with Crippen LogP contribution in [0.15, 0.2) is 41.6 Å². The van der Waals surface area contributed by atoms with Gasteiger partial charge in [-0.1, -0.05) is 52.1 Å². The van der Waals surface area contributed by atoms with Gasteiger partial charge in [0, 0.05) is 21.3 Å². The number of hydrogen-bond donors (Lipinski definition) is 2. The number of anilines is 1. The van der Waals surface area contributed by atoms with E-state index < -0.39 is 11.4 Å². The van der Waals surface area contributed by atoms with Gasteiger partial charge >= 0.3 is 5.97 Å². The molecule has 0 atom stereocenters. The van der Waals surface area contributed by atoms with Crippen LogP contribution in [-0.4, -0.2) is 11.8 Å². The fraction of sp³-hybridized carbons (Fsp3) is 0.176. The average Bonchev–Trinajstić information content (AvgIpc) is 2.51. The Balaban J connectivity index is 2.30. The van der Waals surface area contributed by atoms with Crippen molar-refractivity contribution in [3.8, 4) is 0 Å². The first kappa shape index (κ1) is 19.4. The minimum Gasteiger partial charge on any atom is -0.399 e. The third-order valence-corrected chi connectivity index (χ3v) is 4.58. The molecule has 2 aromatic rings. The monoisotopic (exact) mass is 399 g/mol. The number of nitrogens with zero attached hydrogens (tertiary/aromatic N) is 1. The molecular formula is C17H16Cl3N3O2. The number of nitrogen functional groups attached to an aromatic ring is 1. The molecule has 0 bridgehead atoms. The smallest absolute Gasteiger partial charge is 0.367 e. The van der Waals surface area contributed by atoms with E-state index in [2.05, 4.69) is 5.16 Å². The molecule has 0 fully saturated rings. The standard InChI is InChI=1S/C17H16Cl3N3O2/c1-17(2,14-12(19)7-9(21)8-13(14)20)16(22)23-25-15(24)10-5-3-4-6-11(10)18/h3-8H,21H2,1-2H3,(H2,22,23). The number of hydrogen-bond acceptors (Lipinski definition) is 4. The second-order valence-electron chi connectivity index (χ2n) is 5.82. The highest BCUT2D eigenvalue weighted by molar-refractivity contribution is 6.37. The average molecular weight is 401 g/mol. The maximum atomic E-state index is 12.1. The van der Waals surface area contributed by atoms with Gasteiger partial charge < -0.3 is 16.3 Å². The normalized spacial score (nSPS) is 12.1. The predicted octanol–water partition coefficient (Wildman–Crippen LogP) is 4.64. The Labute approximate surface area is 160 Å². The van der Waals surface area contributed by atoms with Gasteiger partial charge in [-0.05, 0) is 38.1 Å². The molecule has 0 aliphatic heterocycles. The lowest BCUT2D eigenvalue weighted by Gasteiger charge is -2.26. The second-order valence-corrected chi connectivity index (χ2v) is 7.04. The van der Waals surface area contributed by atoms with E-state index in [0.717, 1.165) is 0 Å². The van der Waals surface area contributed by atoms with Crippen molar-refractivity contribution < 1.29 is 9.63 Å². The van der Waals surface area contributed by atoms with E-state index in [1.165, 1.54) is 6.07 Å². The molecule has 0 saturated heterocycles. The number of rotatable bonds is 4. The first-order valence-electron chi connectivity index (χ1n) is 7.19. The maximum absolute atomic E-state index is 12.1. The van der Waals surface area contributed by atoms with Crippen LogP contribution in [0.2, 0.25) is 15.1 Å². The first-order valence-corrected chi connectivity index (χ1v) is 8.32. The summed E-state index contributed by atoms with van der Waals surface area (Å²) >= 11 is 18.4. The lowest BCUT2D eigenvalue weighted by molar-refractivity contribution is 0.0513. The molecule has 0 aliphatic rings. The molecule has 2 aromatic carbocycles. The van der Waals surface area contributed by atoms with Crippen molar-refractivity contribution >= 4 is 52.3 Å². The van der Waals surface area contributed by atoms with Crippen molar-refractivity contribution in [1.29, 1.82) is 0 Å². The van der Waals surface area contributed by atoms with Crippen molar-refractivity contribution in [2.24, 2.45) is 10.9 Å². The van der Waals surface area contributed by atoms with Crippen molar-refractivity contribution in [2.75, 3.05) is 5.73 Å². The predicted molar refractivity (Wildman–Crippen MR) is 102 cm³/mol. The van der Waals surface area contributed by atoms with Crippen molar-refractivity contribution in [3.63, 3.8) is 0 Å². The number of oxime groups is 1. The number of nitrogens with two attached hydrogens (primary N) is 2. The highest BCUT2D eigenvalue weighted by Crippen LogP contribution is 2.37. The van der Waals surface area contributed by atoms with Crippen LogP contribution in [0.25, 0.3) is 0 Å². The van der Waals surface area contributed by atoms with Gasteiger partial charge in [-0.15, -0.1) is 0 Å². The summed E-state index contributed by atoms with van der Waals surface area (Å²) in [6, 6.07) is 9.58. The van der Waals surface area contributed by atoms with Gasteiger partial charge in [-0.2, -0.15) is 0 Å². The fourth-order valence-electron chi connectivity index (χ4n) is 2.20. The molecule has 0 spiro atoms. The zero-order valence-corrected chi connectivity index (χ0v) is 15.8. The third kappa shape index (κ3) is 4.18. The quantitative estimate of drug-likeness (QED) is 0.257. The molecule has 132 valence electrons. The molecule has 0 radical (unpaired) electrons. The summed E-state index contributed by atoms with van der Waals surface area (Å²) in [6.07, 6.45) is 0. The molecule has 0 heterocycles. The van der Waals surface area contributed by atoms with Crippen molar-refractivity contribution in [1.82, 2.24) is 0 Å². The molecule has 0 amide bonds. The first-order chi connectivity index (χ1) is 11.6. The highest BCUT2D eigenvalue weighted by Gasteiger charge is 2.31. The van der Waals surface area contributed by atoms with E-state index in [0.29, 0.717) is 21.3 Å². The van der Waals surface area contributed by atoms with E-state index in [1.54, 1.807) is 44.2 Å². The van der Waals surface area contributed by atoms with Crippen LogP contribution in [0.1, 0.15) is 29.8 Å². The zero-order valence-electron chi connectivity index (χ0n) is 13.5. The van der Waals surface area contributed by atoms with Crippen molar-refractivity contribution in [3.05, 3.63) is 62.6 Å². The second kappa shape index (κ2) is 7.52. The Kier molecular flexibility index (Phi) is 5.83. The molecule has 4 N–H and O–H groups in total. The summed E-state index contributed by atoms with van der Waals surface area (Å²) in [6.45, 7) is 3.50. The lowest BCUT2D eigenvalue weighted by Crippen LogP contribution is -2.37.